The third-order valence-electron chi connectivity index (χ3n) is 2.62. The molecule has 2 rings (SSSR count). The summed E-state index contributed by atoms with van der Waals surface area (Å²) in [6, 6.07) is 10.1. The van der Waals surface area contributed by atoms with Gasteiger partial charge >= 0.3 is 0 Å². The van der Waals surface area contributed by atoms with Gasteiger partial charge in [0.25, 0.3) is 0 Å². The molecular weight excluding hydrogens is 192 g/mol. The van der Waals surface area contributed by atoms with Crippen molar-refractivity contribution in [2.45, 2.75) is 18.6 Å². The standard InChI is InChI=1S/C12H16O3/c13-9-12-11(14-6-7-15-12)8-10-4-2-1-3-5-10/h1-5,11-13H,6-9H2. The second-order valence-electron chi connectivity index (χ2n) is 3.69. The molecule has 1 aromatic carbocycles. The van der Waals surface area contributed by atoms with Gasteiger partial charge in [-0.05, 0) is 5.56 Å². The van der Waals surface area contributed by atoms with Crippen LogP contribution >= 0.6 is 0 Å². The quantitative estimate of drug-likeness (QED) is 0.805. The van der Waals surface area contributed by atoms with E-state index in [2.05, 4.69) is 12.1 Å². The average molecular weight is 208 g/mol. The minimum atomic E-state index is -0.182. The van der Waals surface area contributed by atoms with E-state index in [0.29, 0.717) is 13.2 Å². The summed E-state index contributed by atoms with van der Waals surface area (Å²) in [5.41, 5.74) is 1.21. The predicted octanol–water partition coefficient (Wildman–Crippen LogP) is 1.01. The first kappa shape index (κ1) is 10.6. The minimum Gasteiger partial charge on any atom is -0.394 e. The molecule has 0 bridgehead atoms. The molecule has 1 aliphatic rings. The van der Waals surface area contributed by atoms with Gasteiger partial charge in [-0.15, -0.1) is 0 Å². The normalized spacial score (nSPS) is 26.5. The van der Waals surface area contributed by atoms with Crippen LogP contribution in [0.25, 0.3) is 0 Å². The van der Waals surface area contributed by atoms with Crippen molar-refractivity contribution < 1.29 is 14.6 Å². The topological polar surface area (TPSA) is 38.7 Å². The fraction of sp³-hybridized carbons (Fsp3) is 0.500. The van der Waals surface area contributed by atoms with E-state index in [1.807, 2.05) is 18.2 Å². The molecule has 2 unspecified atom stereocenters. The Balaban J connectivity index is 1.97. The maximum atomic E-state index is 9.13. The van der Waals surface area contributed by atoms with Crippen LogP contribution in [0.15, 0.2) is 30.3 Å². The van der Waals surface area contributed by atoms with Crippen LogP contribution in [0.2, 0.25) is 0 Å². The lowest BCUT2D eigenvalue weighted by molar-refractivity contribution is -0.152. The molecule has 1 aliphatic heterocycles. The molecule has 3 heteroatoms. The van der Waals surface area contributed by atoms with Gasteiger partial charge in [-0.1, -0.05) is 30.3 Å². The van der Waals surface area contributed by atoms with E-state index in [4.69, 9.17) is 14.6 Å². The Morgan fingerprint density at radius 1 is 1.07 bits per heavy atom. The SMILES string of the molecule is OCC1OCCOC1Cc1ccccc1. The van der Waals surface area contributed by atoms with Crippen LogP contribution in [-0.2, 0) is 15.9 Å². The van der Waals surface area contributed by atoms with Crippen LogP contribution in [0.5, 0.6) is 0 Å². The first-order valence-corrected chi connectivity index (χ1v) is 5.28. The van der Waals surface area contributed by atoms with Gasteiger partial charge in [0, 0.05) is 6.42 Å². The number of aliphatic hydroxyl groups is 1. The molecule has 1 fully saturated rings. The number of benzene rings is 1. The van der Waals surface area contributed by atoms with E-state index in [0.717, 1.165) is 6.42 Å². The number of ether oxygens (including phenoxy) is 2. The van der Waals surface area contributed by atoms with E-state index < -0.39 is 0 Å². The molecular formula is C12H16O3. The van der Waals surface area contributed by atoms with Crippen LogP contribution in [0, 0.1) is 0 Å². The van der Waals surface area contributed by atoms with Crippen LogP contribution < -0.4 is 0 Å². The van der Waals surface area contributed by atoms with Gasteiger partial charge in [0.05, 0.1) is 25.9 Å². The molecule has 1 N–H and O–H groups in total. The van der Waals surface area contributed by atoms with Crippen molar-refractivity contribution in [3.05, 3.63) is 35.9 Å². The van der Waals surface area contributed by atoms with E-state index in [1.165, 1.54) is 5.56 Å². The third-order valence-corrected chi connectivity index (χ3v) is 2.62. The highest BCUT2D eigenvalue weighted by Gasteiger charge is 2.26. The lowest BCUT2D eigenvalue weighted by Crippen LogP contribution is -2.42. The molecule has 1 heterocycles. The van der Waals surface area contributed by atoms with Crippen molar-refractivity contribution >= 4 is 0 Å². The average Bonchev–Trinajstić information content (AvgIpc) is 2.31. The van der Waals surface area contributed by atoms with Gasteiger partial charge in [-0.3, -0.25) is 0 Å². The van der Waals surface area contributed by atoms with Crippen LogP contribution in [0.3, 0.4) is 0 Å². The van der Waals surface area contributed by atoms with Crippen molar-refractivity contribution in [3.63, 3.8) is 0 Å². The highest BCUT2D eigenvalue weighted by atomic mass is 16.6. The number of rotatable bonds is 3. The summed E-state index contributed by atoms with van der Waals surface area (Å²) in [6.45, 7) is 1.22. The van der Waals surface area contributed by atoms with Crippen LogP contribution in [0.4, 0.5) is 0 Å². The molecule has 1 saturated heterocycles. The second-order valence-corrected chi connectivity index (χ2v) is 3.69. The molecule has 2 atom stereocenters. The number of hydrogen-bond donors (Lipinski definition) is 1. The Morgan fingerprint density at radius 2 is 1.73 bits per heavy atom. The monoisotopic (exact) mass is 208 g/mol. The molecule has 0 radical (unpaired) electrons. The third kappa shape index (κ3) is 2.78. The molecule has 0 saturated carbocycles. The summed E-state index contributed by atoms with van der Waals surface area (Å²) in [5.74, 6) is 0. The lowest BCUT2D eigenvalue weighted by atomic mass is 10.0. The van der Waals surface area contributed by atoms with E-state index in [9.17, 15) is 0 Å². The Bertz CT molecular complexity index is 286. The van der Waals surface area contributed by atoms with E-state index in [1.54, 1.807) is 0 Å². The second kappa shape index (κ2) is 5.26. The van der Waals surface area contributed by atoms with Gasteiger partial charge in [0.2, 0.25) is 0 Å². The first-order valence-electron chi connectivity index (χ1n) is 5.28. The minimum absolute atomic E-state index is 0.0221. The summed E-state index contributed by atoms with van der Waals surface area (Å²) in [6.07, 6.45) is 0.594. The number of hydrogen-bond acceptors (Lipinski definition) is 3. The largest absolute Gasteiger partial charge is 0.394 e. The van der Waals surface area contributed by atoms with Crippen molar-refractivity contribution in [2.24, 2.45) is 0 Å². The zero-order valence-corrected chi connectivity index (χ0v) is 8.63. The molecule has 1 aromatic rings. The van der Waals surface area contributed by atoms with Crippen molar-refractivity contribution in [2.75, 3.05) is 19.8 Å². The summed E-state index contributed by atoms with van der Waals surface area (Å²) in [7, 11) is 0. The maximum Gasteiger partial charge on any atom is 0.107 e. The Kier molecular flexibility index (Phi) is 3.72. The number of aliphatic hydroxyl groups excluding tert-OH is 1. The van der Waals surface area contributed by atoms with Gasteiger partial charge in [0.1, 0.15) is 6.10 Å². The molecule has 0 aliphatic carbocycles. The Labute approximate surface area is 89.6 Å². The van der Waals surface area contributed by atoms with Crippen LogP contribution in [-0.4, -0.2) is 37.1 Å². The van der Waals surface area contributed by atoms with Crippen LogP contribution in [0.1, 0.15) is 5.56 Å². The molecule has 0 amide bonds. The molecule has 0 aromatic heterocycles. The van der Waals surface area contributed by atoms with Gasteiger partial charge in [-0.25, -0.2) is 0 Å². The smallest absolute Gasteiger partial charge is 0.107 e. The molecule has 15 heavy (non-hydrogen) atoms. The highest BCUT2D eigenvalue weighted by molar-refractivity contribution is 5.15. The summed E-state index contributed by atoms with van der Waals surface area (Å²) in [4.78, 5) is 0. The predicted molar refractivity (Wildman–Crippen MR) is 56.7 cm³/mol. The molecule has 0 spiro atoms. The first-order chi connectivity index (χ1) is 7.40. The fourth-order valence-corrected chi connectivity index (χ4v) is 1.82. The van der Waals surface area contributed by atoms with Crippen molar-refractivity contribution in [1.29, 1.82) is 0 Å². The van der Waals surface area contributed by atoms with Gasteiger partial charge in [-0.2, -0.15) is 0 Å². The van der Waals surface area contributed by atoms with Gasteiger partial charge in [0.15, 0.2) is 0 Å². The zero-order chi connectivity index (χ0) is 10.5. The van der Waals surface area contributed by atoms with E-state index in [-0.39, 0.29) is 18.8 Å². The summed E-state index contributed by atoms with van der Waals surface area (Å²) in [5, 5.41) is 9.13. The Hall–Kier alpha value is -0.900. The van der Waals surface area contributed by atoms with Crippen molar-refractivity contribution in [3.8, 4) is 0 Å². The van der Waals surface area contributed by atoms with E-state index >= 15 is 0 Å². The zero-order valence-electron chi connectivity index (χ0n) is 8.63. The maximum absolute atomic E-state index is 9.13. The summed E-state index contributed by atoms with van der Waals surface area (Å²) < 4.78 is 11.0. The molecule has 3 nitrogen and oxygen atoms in total. The van der Waals surface area contributed by atoms with Gasteiger partial charge < -0.3 is 14.6 Å². The lowest BCUT2D eigenvalue weighted by Gasteiger charge is -2.30. The van der Waals surface area contributed by atoms with Crippen molar-refractivity contribution in [1.82, 2.24) is 0 Å². The molecule has 82 valence electrons. The Morgan fingerprint density at radius 3 is 2.40 bits per heavy atom. The summed E-state index contributed by atoms with van der Waals surface area (Å²) >= 11 is 0. The fourth-order valence-electron chi connectivity index (χ4n) is 1.82. The highest BCUT2D eigenvalue weighted by Crippen LogP contribution is 2.15.